The van der Waals surface area contributed by atoms with Gasteiger partial charge in [0.2, 0.25) is 0 Å². The molecule has 2 rings (SSSR count). The van der Waals surface area contributed by atoms with Gasteiger partial charge in [-0.3, -0.25) is 0 Å². The first-order chi connectivity index (χ1) is 7.02. The zero-order valence-electron chi connectivity index (χ0n) is 9.76. The fourth-order valence-electron chi connectivity index (χ4n) is 2.46. The van der Waals surface area contributed by atoms with Crippen molar-refractivity contribution in [3.05, 3.63) is 44.9 Å². The fourth-order valence-corrected chi connectivity index (χ4v) is 2.84. The topological polar surface area (TPSA) is 0 Å². The second-order valence-corrected chi connectivity index (χ2v) is 5.50. The lowest BCUT2D eigenvalue weighted by molar-refractivity contribution is 0.742. The lowest BCUT2D eigenvalue weighted by Crippen LogP contribution is -2.13. The van der Waals surface area contributed by atoms with Gasteiger partial charge in [0.15, 0.2) is 0 Å². The molecule has 0 saturated heterocycles. The Bertz CT molecular complexity index is 429. The lowest BCUT2D eigenvalue weighted by Gasteiger charge is -2.30. The van der Waals surface area contributed by atoms with Crippen LogP contribution in [0.3, 0.4) is 0 Å². The predicted molar refractivity (Wildman–Crippen MR) is 69.3 cm³/mol. The molecular weight excluding hydrogens is 248 g/mol. The number of hydrogen-bond acceptors (Lipinski definition) is 0. The van der Waals surface area contributed by atoms with E-state index in [4.69, 9.17) is 0 Å². The molecule has 0 heterocycles. The van der Waals surface area contributed by atoms with Crippen molar-refractivity contribution in [1.29, 1.82) is 0 Å². The van der Waals surface area contributed by atoms with E-state index in [1.807, 2.05) is 0 Å². The molecule has 2 atom stereocenters. The Morgan fingerprint density at radius 1 is 0.933 bits per heavy atom. The summed E-state index contributed by atoms with van der Waals surface area (Å²) in [7, 11) is 0. The van der Waals surface area contributed by atoms with Crippen molar-refractivity contribution >= 4 is 15.9 Å². The van der Waals surface area contributed by atoms with Crippen molar-refractivity contribution in [2.75, 3.05) is 0 Å². The molecule has 2 unspecified atom stereocenters. The van der Waals surface area contributed by atoms with Crippen LogP contribution in [0.5, 0.6) is 0 Å². The molecule has 1 aliphatic carbocycles. The van der Waals surface area contributed by atoms with E-state index in [2.05, 4.69) is 61.8 Å². The molecular formula is C14H17Br. The molecule has 1 aromatic carbocycles. The zero-order valence-corrected chi connectivity index (χ0v) is 11.4. The summed E-state index contributed by atoms with van der Waals surface area (Å²) < 4.78 is 1.19. The number of allylic oxidation sites excluding steroid dienone is 2. The molecule has 0 fully saturated rings. The molecule has 0 radical (unpaired) electrons. The van der Waals surface area contributed by atoms with E-state index in [1.165, 1.54) is 26.7 Å². The number of fused-ring (bicyclic) bond motifs is 1. The molecule has 0 aromatic heterocycles. The maximum atomic E-state index is 3.56. The SMILES string of the molecule is CC1=C(C)C(C)c2cc(Br)ccc2C1C. The monoisotopic (exact) mass is 264 g/mol. The first-order valence-electron chi connectivity index (χ1n) is 5.49. The standard InChI is InChI=1S/C14H17Br/c1-8-9(2)11(4)14-7-12(15)5-6-13(14)10(8)3/h5-7,10-11H,1-4H3. The van der Waals surface area contributed by atoms with Gasteiger partial charge < -0.3 is 0 Å². The molecule has 0 N–H and O–H groups in total. The molecule has 0 nitrogen and oxygen atoms in total. The maximum absolute atomic E-state index is 3.56. The molecule has 0 spiro atoms. The molecule has 1 aliphatic rings. The summed E-state index contributed by atoms with van der Waals surface area (Å²) in [5.41, 5.74) is 6.05. The Hall–Kier alpha value is -0.560. The number of halogens is 1. The number of hydrogen-bond donors (Lipinski definition) is 0. The van der Waals surface area contributed by atoms with Crippen LogP contribution >= 0.6 is 15.9 Å². The smallest absolute Gasteiger partial charge is 0.0178 e. The third-order valence-corrected chi connectivity index (χ3v) is 4.40. The van der Waals surface area contributed by atoms with Crippen LogP contribution in [0.25, 0.3) is 0 Å². The quantitative estimate of drug-likeness (QED) is 0.579. The van der Waals surface area contributed by atoms with Gasteiger partial charge in [0.05, 0.1) is 0 Å². The van der Waals surface area contributed by atoms with Crippen molar-refractivity contribution in [3.8, 4) is 0 Å². The van der Waals surface area contributed by atoms with Crippen LogP contribution in [-0.2, 0) is 0 Å². The number of rotatable bonds is 0. The van der Waals surface area contributed by atoms with Gasteiger partial charge in [-0.15, -0.1) is 0 Å². The average Bonchev–Trinajstić information content (AvgIpc) is 2.23. The van der Waals surface area contributed by atoms with Crippen molar-refractivity contribution < 1.29 is 0 Å². The van der Waals surface area contributed by atoms with E-state index in [1.54, 1.807) is 0 Å². The zero-order chi connectivity index (χ0) is 11.2. The van der Waals surface area contributed by atoms with Crippen molar-refractivity contribution in [3.63, 3.8) is 0 Å². The normalized spacial score (nSPS) is 25.4. The second-order valence-electron chi connectivity index (χ2n) is 4.58. The lowest BCUT2D eigenvalue weighted by atomic mass is 9.75. The summed E-state index contributed by atoms with van der Waals surface area (Å²) in [5.74, 6) is 1.14. The Morgan fingerprint density at radius 2 is 1.47 bits per heavy atom. The Balaban J connectivity index is 2.62. The van der Waals surface area contributed by atoms with E-state index in [0.717, 1.165) is 0 Å². The average molecular weight is 265 g/mol. The van der Waals surface area contributed by atoms with E-state index >= 15 is 0 Å². The van der Waals surface area contributed by atoms with E-state index in [-0.39, 0.29) is 0 Å². The summed E-state index contributed by atoms with van der Waals surface area (Å²) in [6.07, 6.45) is 0. The molecule has 1 heteroatoms. The highest BCUT2D eigenvalue weighted by molar-refractivity contribution is 9.10. The van der Waals surface area contributed by atoms with Crippen molar-refractivity contribution in [2.24, 2.45) is 0 Å². The maximum Gasteiger partial charge on any atom is 0.0178 e. The Morgan fingerprint density at radius 3 is 2.07 bits per heavy atom. The minimum Gasteiger partial charge on any atom is -0.0666 e. The van der Waals surface area contributed by atoms with Crippen LogP contribution in [0.4, 0.5) is 0 Å². The highest BCUT2D eigenvalue weighted by Crippen LogP contribution is 2.42. The second kappa shape index (κ2) is 3.79. The highest BCUT2D eigenvalue weighted by atomic mass is 79.9. The summed E-state index contributed by atoms with van der Waals surface area (Å²) in [4.78, 5) is 0. The van der Waals surface area contributed by atoms with Gasteiger partial charge in [0.25, 0.3) is 0 Å². The van der Waals surface area contributed by atoms with E-state index in [9.17, 15) is 0 Å². The summed E-state index contributed by atoms with van der Waals surface area (Å²) in [5, 5.41) is 0. The van der Waals surface area contributed by atoms with Gasteiger partial charge in [-0.05, 0) is 37.1 Å². The molecule has 80 valence electrons. The highest BCUT2D eigenvalue weighted by Gasteiger charge is 2.25. The van der Waals surface area contributed by atoms with E-state index in [0.29, 0.717) is 11.8 Å². The van der Waals surface area contributed by atoms with Crippen LogP contribution in [0.15, 0.2) is 33.8 Å². The molecule has 0 saturated carbocycles. The molecule has 0 aliphatic heterocycles. The van der Waals surface area contributed by atoms with Gasteiger partial charge in [-0.2, -0.15) is 0 Å². The molecule has 0 amide bonds. The first kappa shape index (κ1) is 10.9. The third kappa shape index (κ3) is 1.67. The van der Waals surface area contributed by atoms with Crippen LogP contribution in [-0.4, -0.2) is 0 Å². The first-order valence-corrected chi connectivity index (χ1v) is 6.28. The summed E-state index contributed by atoms with van der Waals surface area (Å²) in [6.45, 7) is 9.13. The summed E-state index contributed by atoms with van der Waals surface area (Å²) >= 11 is 3.56. The van der Waals surface area contributed by atoms with Gasteiger partial charge in [-0.25, -0.2) is 0 Å². The minimum atomic E-state index is 0.564. The largest absolute Gasteiger partial charge is 0.0666 e. The molecule has 0 bridgehead atoms. The minimum absolute atomic E-state index is 0.564. The fraction of sp³-hybridized carbons (Fsp3) is 0.429. The number of benzene rings is 1. The van der Waals surface area contributed by atoms with E-state index < -0.39 is 0 Å². The van der Waals surface area contributed by atoms with Crippen molar-refractivity contribution in [1.82, 2.24) is 0 Å². The summed E-state index contributed by atoms with van der Waals surface area (Å²) in [6, 6.07) is 6.68. The van der Waals surface area contributed by atoms with Crippen molar-refractivity contribution in [2.45, 2.75) is 39.5 Å². The van der Waals surface area contributed by atoms with Gasteiger partial charge in [-0.1, -0.05) is 47.0 Å². The van der Waals surface area contributed by atoms with Crippen LogP contribution in [0, 0.1) is 0 Å². The third-order valence-electron chi connectivity index (χ3n) is 3.90. The van der Waals surface area contributed by atoms with Gasteiger partial charge >= 0.3 is 0 Å². The molecule has 15 heavy (non-hydrogen) atoms. The predicted octanol–water partition coefficient (Wildman–Crippen LogP) is 5.01. The van der Waals surface area contributed by atoms with Crippen LogP contribution in [0.2, 0.25) is 0 Å². The molecule has 1 aromatic rings. The Labute approximate surface area is 101 Å². The van der Waals surface area contributed by atoms with Gasteiger partial charge in [0, 0.05) is 16.3 Å². The van der Waals surface area contributed by atoms with Gasteiger partial charge in [0.1, 0.15) is 0 Å². The Kier molecular flexibility index (Phi) is 2.76. The van der Waals surface area contributed by atoms with Crippen LogP contribution < -0.4 is 0 Å². The van der Waals surface area contributed by atoms with Crippen LogP contribution in [0.1, 0.15) is 50.7 Å².